The minimum absolute atomic E-state index is 0.0520. The van der Waals surface area contributed by atoms with Crippen molar-refractivity contribution in [3.63, 3.8) is 0 Å². The van der Waals surface area contributed by atoms with E-state index in [1.54, 1.807) is 30.3 Å². The molecule has 140 valence electrons. The summed E-state index contributed by atoms with van der Waals surface area (Å²) >= 11 is 3.27. The van der Waals surface area contributed by atoms with Crippen LogP contribution in [0.15, 0.2) is 51.8 Å². The molecule has 6 nitrogen and oxygen atoms in total. The number of hydrogen-bond donors (Lipinski definition) is 2. The lowest BCUT2D eigenvalue weighted by Gasteiger charge is -2.21. The summed E-state index contributed by atoms with van der Waals surface area (Å²) in [6, 6.07) is 10.9. The monoisotopic (exact) mass is 440 g/mol. The largest absolute Gasteiger partial charge is 0.496 e. The molecular formula is C18H21BrN2O4S. The van der Waals surface area contributed by atoms with Gasteiger partial charge in [-0.25, -0.2) is 8.42 Å². The van der Waals surface area contributed by atoms with Crippen molar-refractivity contribution < 1.29 is 17.9 Å². The Balaban J connectivity index is 2.36. The normalized spacial score (nSPS) is 11.7. The van der Waals surface area contributed by atoms with E-state index in [1.807, 2.05) is 20.8 Å². The van der Waals surface area contributed by atoms with Crippen LogP contribution >= 0.6 is 15.9 Å². The van der Waals surface area contributed by atoms with E-state index < -0.39 is 15.6 Å². The van der Waals surface area contributed by atoms with Gasteiger partial charge in [0.15, 0.2) is 0 Å². The van der Waals surface area contributed by atoms with Crippen molar-refractivity contribution in [2.75, 3.05) is 11.8 Å². The van der Waals surface area contributed by atoms with Gasteiger partial charge in [0.1, 0.15) is 5.75 Å². The first-order valence-electron chi connectivity index (χ1n) is 7.81. The second kappa shape index (κ2) is 7.67. The van der Waals surface area contributed by atoms with Crippen LogP contribution in [0.3, 0.4) is 0 Å². The quantitative estimate of drug-likeness (QED) is 0.740. The second-order valence-electron chi connectivity index (χ2n) is 6.65. The minimum atomic E-state index is -3.88. The Hall–Kier alpha value is -2.06. The lowest BCUT2D eigenvalue weighted by Crippen LogP contribution is -2.40. The first-order valence-corrected chi connectivity index (χ1v) is 10.1. The van der Waals surface area contributed by atoms with E-state index in [0.29, 0.717) is 10.2 Å². The van der Waals surface area contributed by atoms with Crippen LogP contribution in [0.2, 0.25) is 0 Å². The molecule has 1 amide bonds. The van der Waals surface area contributed by atoms with Crippen LogP contribution < -0.4 is 14.8 Å². The van der Waals surface area contributed by atoms with Crippen LogP contribution in [-0.2, 0) is 10.0 Å². The number of para-hydroxylation sites is 1. The van der Waals surface area contributed by atoms with E-state index in [4.69, 9.17) is 4.74 Å². The lowest BCUT2D eigenvalue weighted by atomic mass is 10.1. The average molecular weight is 441 g/mol. The standard InChI is InChI=1S/C18H21BrN2O4S/c1-18(2,3)20-17(22)13-7-5-6-8-15(13)21-26(23,24)12-9-10-16(25-4)14(19)11-12/h5-11,21H,1-4H3,(H,20,22). The third-order valence-electron chi connectivity index (χ3n) is 3.34. The smallest absolute Gasteiger partial charge is 0.261 e. The Bertz CT molecular complexity index is 921. The minimum Gasteiger partial charge on any atom is -0.496 e. The van der Waals surface area contributed by atoms with Gasteiger partial charge in [-0.05, 0) is 67.0 Å². The highest BCUT2D eigenvalue weighted by Crippen LogP contribution is 2.29. The number of sulfonamides is 1. The van der Waals surface area contributed by atoms with E-state index >= 15 is 0 Å². The number of methoxy groups -OCH3 is 1. The molecule has 2 N–H and O–H groups in total. The molecule has 0 spiro atoms. The molecule has 0 aromatic heterocycles. The number of ether oxygens (including phenoxy) is 1. The van der Waals surface area contributed by atoms with Crippen molar-refractivity contribution in [1.29, 1.82) is 0 Å². The Morgan fingerprint density at radius 1 is 1.12 bits per heavy atom. The third-order valence-corrected chi connectivity index (χ3v) is 5.32. The van der Waals surface area contributed by atoms with Crippen molar-refractivity contribution in [3.8, 4) is 5.75 Å². The van der Waals surface area contributed by atoms with Crippen LogP contribution in [0.5, 0.6) is 5.75 Å². The highest BCUT2D eigenvalue weighted by Gasteiger charge is 2.22. The summed E-state index contributed by atoms with van der Waals surface area (Å²) in [4.78, 5) is 12.5. The molecule has 0 aliphatic rings. The average Bonchev–Trinajstić information content (AvgIpc) is 2.53. The molecule has 0 saturated heterocycles. The molecule has 0 fully saturated rings. The maximum atomic E-state index is 12.7. The van der Waals surface area contributed by atoms with Crippen molar-refractivity contribution >= 4 is 37.5 Å². The van der Waals surface area contributed by atoms with Crippen LogP contribution in [0.4, 0.5) is 5.69 Å². The van der Waals surface area contributed by atoms with E-state index in [1.165, 1.54) is 19.2 Å². The van der Waals surface area contributed by atoms with E-state index in [9.17, 15) is 13.2 Å². The molecule has 0 aliphatic heterocycles. The molecule has 0 atom stereocenters. The van der Waals surface area contributed by atoms with Gasteiger partial charge in [0.05, 0.1) is 27.7 Å². The van der Waals surface area contributed by atoms with Gasteiger partial charge in [0.2, 0.25) is 0 Å². The van der Waals surface area contributed by atoms with Gasteiger partial charge in [-0.2, -0.15) is 0 Å². The summed E-state index contributed by atoms with van der Waals surface area (Å²) in [6.07, 6.45) is 0. The van der Waals surface area contributed by atoms with Crippen molar-refractivity contribution in [1.82, 2.24) is 5.32 Å². The molecular weight excluding hydrogens is 420 g/mol. The van der Waals surface area contributed by atoms with Crippen LogP contribution in [0, 0.1) is 0 Å². The molecule has 0 bridgehead atoms. The fraction of sp³-hybridized carbons (Fsp3) is 0.278. The predicted molar refractivity (Wildman–Crippen MR) is 105 cm³/mol. The zero-order valence-electron chi connectivity index (χ0n) is 15.0. The summed E-state index contributed by atoms with van der Waals surface area (Å²) < 4.78 is 33.5. The number of anilines is 1. The van der Waals surface area contributed by atoms with Crippen LogP contribution in [-0.4, -0.2) is 27.0 Å². The number of amides is 1. The third kappa shape index (κ3) is 4.98. The number of benzene rings is 2. The van der Waals surface area contributed by atoms with Crippen LogP contribution in [0.1, 0.15) is 31.1 Å². The van der Waals surface area contributed by atoms with Gasteiger partial charge in [0, 0.05) is 5.54 Å². The fourth-order valence-electron chi connectivity index (χ4n) is 2.20. The highest BCUT2D eigenvalue weighted by atomic mass is 79.9. The summed E-state index contributed by atoms with van der Waals surface area (Å²) in [5, 5.41) is 2.83. The van der Waals surface area contributed by atoms with E-state index in [-0.39, 0.29) is 22.1 Å². The van der Waals surface area contributed by atoms with Crippen molar-refractivity contribution in [2.45, 2.75) is 31.2 Å². The molecule has 0 aliphatic carbocycles. The van der Waals surface area contributed by atoms with E-state index in [2.05, 4.69) is 26.0 Å². The van der Waals surface area contributed by atoms with Crippen molar-refractivity contribution in [2.24, 2.45) is 0 Å². The molecule has 0 unspecified atom stereocenters. The Labute approximate surface area is 162 Å². The van der Waals surface area contributed by atoms with Gasteiger partial charge >= 0.3 is 0 Å². The van der Waals surface area contributed by atoms with Crippen LogP contribution in [0.25, 0.3) is 0 Å². The number of nitrogens with one attached hydrogen (secondary N) is 2. The SMILES string of the molecule is COc1ccc(S(=O)(=O)Nc2ccccc2C(=O)NC(C)(C)C)cc1Br. The fourth-order valence-corrected chi connectivity index (χ4v) is 3.99. The molecule has 2 aromatic carbocycles. The number of carbonyl (C=O) groups excluding carboxylic acids is 1. The van der Waals surface area contributed by atoms with Gasteiger partial charge in [-0.3, -0.25) is 9.52 Å². The van der Waals surface area contributed by atoms with Gasteiger partial charge in [-0.1, -0.05) is 12.1 Å². The van der Waals surface area contributed by atoms with Gasteiger partial charge in [0.25, 0.3) is 15.9 Å². The maximum Gasteiger partial charge on any atom is 0.261 e. The number of carbonyl (C=O) groups is 1. The van der Waals surface area contributed by atoms with Gasteiger partial charge < -0.3 is 10.1 Å². The first kappa shape index (κ1) is 20.3. The zero-order valence-corrected chi connectivity index (χ0v) is 17.4. The Morgan fingerprint density at radius 2 is 1.77 bits per heavy atom. The number of hydrogen-bond acceptors (Lipinski definition) is 4. The summed E-state index contributed by atoms with van der Waals surface area (Å²) in [7, 11) is -2.38. The zero-order chi connectivity index (χ0) is 19.5. The molecule has 2 aromatic rings. The summed E-state index contributed by atoms with van der Waals surface area (Å²) in [6.45, 7) is 5.56. The molecule has 2 rings (SSSR count). The molecule has 26 heavy (non-hydrogen) atoms. The molecule has 8 heteroatoms. The molecule has 0 heterocycles. The molecule has 0 saturated carbocycles. The Morgan fingerprint density at radius 3 is 2.35 bits per heavy atom. The lowest BCUT2D eigenvalue weighted by molar-refractivity contribution is 0.0920. The number of halogens is 1. The highest BCUT2D eigenvalue weighted by molar-refractivity contribution is 9.10. The number of rotatable bonds is 5. The summed E-state index contributed by atoms with van der Waals surface area (Å²) in [5.74, 6) is 0.167. The topological polar surface area (TPSA) is 84.5 Å². The maximum absolute atomic E-state index is 12.7. The predicted octanol–water partition coefficient (Wildman–Crippen LogP) is 3.79. The summed E-state index contributed by atoms with van der Waals surface area (Å²) in [5.41, 5.74) is 0.0176. The second-order valence-corrected chi connectivity index (χ2v) is 9.19. The van der Waals surface area contributed by atoms with Crippen molar-refractivity contribution in [3.05, 3.63) is 52.5 Å². The first-order chi connectivity index (χ1) is 12.0. The Kier molecular flexibility index (Phi) is 5.98. The van der Waals surface area contributed by atoms with E-state index in [0.717, 1.165) is 0 Å². The molecule has 0 radical (unpaired) electrons. The van der Waals surface area contributed by atoms with Gasteiger partial charge in [-0.15, -0.1) is 0 Å².